The molecule has 0 N–H and O–H groups in total. The van der Waals surface area contributed by atoms with Crippen LogP contribution in [-0.2, 0) is 0 Å². The Morgan fingerprint density at radius 1 is 1.56 bits per heavy atom. The maximum atomic E-state index is 3.73. The lowest BCUT2D eigenvalue weighted by molar-refractivity contribution is 0.312. The molecule has 0 aromatic rings. The van der Waals surface area contributed by atoms with Gasteiger partial charge in [-0.05, 0) is 26.5 Å². The van der Waals surface area contributed by atoms with Crippen molar-refractivity contribution in [3.05, 3.63) is 12.8 Å². The topological polar surface area (TPSA) is 3.24 Å². The van der Waals surface area contributed by atoms with Gasteiger partial charge >= 0.3 is 0 Å². The van der Waals surface area contributed by atoms with Crippen molar-refractivity contribution in [3.8, 4) is 0 Å². The molecule has 0 radical (unpaired) electrons. The smallest absolute Gasteiger partial charge is 0.0227 e. The normalized spacial score (nSPS) is 9.78. The second-order valence-corrected chi connectivity index (χ2v) is 2.51. The summed E-state index contributed by atoms with van der Waals surface area (Å²) in [7, 11) is 0. The zero-order valence-electron chi connectivity index (χ0n) is 6.72. The third kappa shape index (κ3) is 3.17. The van der Waals surface area contributed by atoms with Crippen molar-refractivity contribution >= 4 is 0 Å². The van der Waals surface area contributed by atoms with Gasteiger partial charge in [0.2, 0.25) is 0 Å². The van der Waals surface area contributed by atoms with E-state index in [0.29, 0.717) is 6.04 Å². The molecule has 0 aliphatic rings. The molecule has 0 aromatic heterocycles. The van der Waals surface area contributed by atoms with Crippen LogP contribution in [0.25, 0.3) is 0 Å². The number of hydrogen-bond donors (Lipinski definition) is 0. The average Bonchev–Trinajstić information content (AvgIpc) is 1.82. The van der Waals surface area contributed by atoms with E-state index in [0.717, 1.165) is 6.54 Å². The van der Waals surface area contributed by atoms with Crippen molar-refractivity contribution in [1.29, 1.82) is 0 Å². The molecule has 0 rings (SSSR count). The highest BCUT2D eigenvalue weighted by Gasteiger charge is 1.99. The van der Waals surface area contributed by atoms with Gasteiger partial charge in [-0.1, -0.05) is 13.5 Å². The van der Waals surface area contributed by atoms with Crippen LogP contribution in [-0.4, -0.2) is 17.5 Å². The van der Waals surface area contributed by atoms with Crippen molar-refractivity contribution in [2.45, 2.75) is 33.2 Å². The quantitative estimate of drug-likeness (QED) is 0.560. The molecular weight excluding hydrogens is 110 g/mol. The van der Waals surface area contributed by atoms with Gasteiger partial charge in [-0.3, -0.25) is 0 Å². The number of hydrogen-bond acceptors (Lipinski definition) is 1. The van der Waals surface area contributed by atoms with Crippen LogP contribution in [0, 0.1) is 0 Å². The van der Waals surface area contributed by atoms with Gasteiger partial charge in [0.1, 0.15) is 0 Å². The molecule has 0 heterocycles. The highest BCUT2D eigenvalue weighted by atomic mass is 15.1. The first kappa shape index (κ1) is 8.54. The molecule has 1 nitrogen and oxygen atoms in total. The van der Waals surface area contributed by atoms with Gasteiger partial charge < -0.3 is 4.90 Å². The molecule has 0 aliphatic carbocycles. The lowest BCUT2D eigenvalue weighted by Crippen LogP contribution is -2.25. The van der Waals surface area contributed by atoms with Crippen LogP contribution in [0.5, 0.6) is 0 Å². The van der Waals surface area contributed by atoms with E-state index in [1.54, 1.807) is 0 Å². The van der Waals surface area contributed by atoms with Gasteiger partial charge in [-0.25, -0.2) is 0 Å². The van der Waals surface area contributed by atoms with E-state index in [4.69, 9.17) is 0 Å². The maximum absolute atomic E-state index is 3.73. The summed E-state index contributed by atoms with van der Waals surface area (Å²) in [6, 6.07) is 0.599. The Kier molecular flexibility index (Phi) is 4.20. The summed E-state index contributed by atoms with van der Waals surface area (Å²) in [5.41, 5.74) is 0. The fourth-order valence-electron chi connectivity index (χ4n) is 0.819. The molecular formula is C8H17N. The molecule has 0 amide bonds. The Hall–Kier alpha value is -0.460. The highest BCUT2D eigenvalue weighted by Crippen LogP contribution is 1.98. The zero-order chi connectivity index (χ0) is 7.28. The molecule has 0 aliphatic heterocycles. The largest absolute Gasteiger partial charge is 0.376 e. The van der Waals surface area contributed by atoms with E-state index in [1.807, 2.05) is 6.20 Å². The predicted octanol–water partition coefficient (Wildman–Crippen LogP) is 2.25. The predicted molar refractivity (Wildman–Crippen MR) is 42.3 cm³/mol. The molecule has 0 spiro atoms. The van der Waals surface area contributed by atoms with Crippen LogP contribution in [0.1, 0.15) is 27.2 Å². The first-order chi connectivity index (χ1) is 4.22. The third-order valence-electron chi connectivity index (χ3n) is 1.38. The van der Waals surface area contributed by atoms with E-state index in [-0.39, 0.29) is 0 Å². The van der Waals surface area contributed by atoms with Crippen LogP contribution in [0.4, 0.5) is 0 Å². The van der Waals surface area contributed by atoms with Crippen LogP contribution in [0.3, 0.4) is 0 Å². The molecule has 0 unspecified atom stereocenters. The maximum Gasteiger partial charge on any atom is 0.0227 e. The molecule has 0 saturated heterocycles. The molecule has 0 atom stereocenters. The second-order valence-electron chi connectivity index (χ2n) is 2.51. The molecule has 1 heteroatoms. The first-order valence-electron chi connectivity index (χ1n) is 3.60. The Balaban J connectivity index is 3.54. The Morgan fingerprint density at radius 2 is 2.11 bits per heavy atom. The highest BCUT2D eigenvalue weighted by molar-refractivity contribution is 4.73. The van der Waals surface area contributed by atoms with Gasteiger partial charge in [0, 0.05) is 12.6 Å². The molecule has 0 fully saturated rings. The van der Waals surface area contributed by atoms with Gasteiger partial charge in [-0.15, -0.1) is 0 Å². The monoisotopic (exact) mass is 127 g/mol. The summed E-state index contributed by atoms with van der Waals surface area (Å²) in [4.78, 5) is 2.24. The third-order valence-corrected chi connectivity index (χ3v) is 1.38. The van der Waals surface area contributed by atoms with Crippen molar-refractivity contribution < 1.29 is 0 Å². The lowest BCUT2D eigenvalue weighted by Gasteiger charge is -2.23. The van der Waals surface area contributed by atoms with Crippen molar-refractivity contribution in [3.63, 3.8) is 0 Å². The van der Waals surface area contributed by atoms with E-state index in [9.17, 15) is 0 Å². The van der Waals surface area contributed by atoms with Crippen LogP contribution in [0.15, 0.2) is 12.8 Å². The Labute approximate surface area is 58.4 Å². The second kappa shape index (κ2) is 4.42. The molecule has 0 saturated carbocycles. The summed E-state index contributed by atoms with van der Waals surface area (Å²) in [6.07, 6.45) is 3.11. The SMILES string of the molecule is C=CN(CCC)C(C)C. The van der Waals surface area contributed by atoms with Crippen molar-refractivity contribution in [2.24, 2.45) is 0 Å². The fourth-order valence-corrected chi connectivity index (χ4v) is 0.819. The summed E-state index contributed by atoms with van der Waals surface area (Å²) in [6.45, 7) is 11.4. The minimum absolute atomic E-state index is 0.599. The number of nitrogens with zero attached hydrogens (tertiary/aromatic N) is 1. The van der Waals surface area contributed by atoms with E-state index in [2.05, 4.69) is 32.3 Å². The van der Waals surface area contributed by atoms with Crippen LogP contribution < -0.4 is 0 Å². The molecule has 0 aromatic carbocycles. The first-order valence-corrected chi connectivity index (χ1v) is 3.60. The summed E-state index contributed by atoms with van der Waals surface area (Å²) >= 11 is 0. The molecule has 54 valence electrons. The van der Waals surface area contributed by atoms with Crippen molar-refractivity contribution in [2.75, 3.05) is 6.54 Å². The van der Waals surface area contributed by atoms with Gasteiger partial charge in [0.15, 0.2) is 0 Å². The minimum atomic E-state index is 0.599. The minimum Gasteiger partial charge on any atom is -0.376 e. The molecule has 9 heavy (non-hydrogen) atoms. The van der Waals surface area contributed by atoms with Crippen LogP contribution >= 0.6 is 0 Å². The Morgan fingerprint density at radius 3 is 2.22 bits per heavy atom. The van der Waals surface area contributed by atoms with E-state index in [1.165, 1.54) is 6.42 Å². The standard InChI is InChI=1S/C8H17N/c1-5-7-9(6-2)8(3)4/h6,8H,2,5,7H2,1,3-4H3. The van der Waals surface area contributed by atoms with E-state index < -0.39 is 0 Å². The fraction of sp³-hybridized carbons (Fsp3) is 0.750. The van der Waals surface area contributed by atoms with Gasteiger partial charge in [0.05, 0.1) is 0 Å². The summed E-state index contributed by atoms with van der Waals surface area (Å²) in [5.74, 6) is 0. The lowest BCUT2D eigenvalue weighted by atomic mass is 10.3. The number of rotatable bonds is 4. The van der Waals surface area contributed by atoms with Gasteiger partial charge in [0.25, 0.3) is 0 Å². The zero-order valence-corrected chi connectivity index (χ0v) is 6.72. The van der Waals surface area contributed by atoms with Crippen LogP contribution in [0.2, 0.25) is 0 Å². The summed E-state index contributed by atoms with van der Waals surface area (Å²) < 4.78 is 0. The average molecular weight is 127 g/mol. The Bertz CT molecular complexity index is 76.6. The van der Waals surface area contributed by atoms with Crippen molar-refractivity contribution in [1.82, 2.24) is 4.90 Å². The van der Waals surface area contributed by atoms with Gasteiger partial charge in [-0.2, -0.15) is 0 Å². The summed E-state index contributed by atoms with van der Waals surface area (Å²) in [5, 5.41) is 0. The molecule has 0 bridgehead atoms. The van der Waals surface area contributed by atoms with E-state index >= 15 is 0 Å².